The van der Waals surface area contributed by atoms with Gasteiger partial charge in [-0.3, -0.25) is 9.59 Å². The molecular formula is C16H29NO3. The molecule has 0 spiro atoms. The van der Waals surface area contributed by atoms with Crippen LogP contribution in [0.5, 0.6) is 0 Å². The SMILES string of the molecule is CCC(CC)C(C)NC(=O)CC1(CC(=O)O)CCCC1. The Balaban J connectivity index is 2.56. The van der Waals surface area contributed by atoms with Crippen LogP contribution in [0.2, 0.25) is 0 Å². The van der Waals surface area contributed by atoms with Crippen LogP contribution < -0.4 is 5.32 Å². The van der Waals surface area contributed by atoms with Gasteiger partial charge in [-0.1, -0.05) is 39.5 Å². The van der Waals surface area contributed by atoms with Gasteiger partial charge in [0.1, 0.15) is 0 Å². The summed E-state index contributed by atoms with van der Waals surface area (Å²) in [6.07, 6.45) is 6.42. The number of carbonyl (C=O) groups excluding carboxylic acids is 1. The monoisotopic (exact) mass is 283 g/mol. The highest BCUT2D eigenvalue weighted by molar-refractivity contribution is 5.78. The third kappa shape index (κ3) is 4.80. The van der Waals surface area contributed by atoms with Crippen LogP contribution in [0.25, 0.3) is 0 Å². The van der Waals surface area contributed by atoms with Crippen molar-refractivity contribution in [2.24, 2.45) is 11.3 Å². The van der Waals surface area contributed by atoms with E-state index < -0.39 is 5.97 Å². The second kappa shape index (κ2) is 7.65. The van der Waals surface area contributed by atoms with Crippen LogP contribution in [0, 0.1) is 11.3 Å². The van der Waals surface area contributed by atoms with Crippen molar-refractivity contribution in [3.8, 4) is 0 Å². The lowest BCUT2D eigenvalue weighted by molar-refractivity contribution is -0.140. The molecule has 1 rings (SSSR count). The summed E-state index contributed by atoms with van der Waals surface area (Å²) < 4.78 is 0. The zero-order valence-electron chi connectivity index (χ0n) is 13.1. The number of hydrogen-bond acceptors (Lipinski definition) is 2. The molecule has 1 aliphatic carbocycles. The maximum Gasteiger partial charge on any atom is 0.303 e. The van der Waals surface area contributed by atoms with E-state index in [1.54, 1.807) is 0 Å². The first kappa shape index (κ1) is 17.0. The summed E-state index contributed by atoms with van der Waals surface area (Å²) in [7, 11) is 0. The normalized spacial score (nSPS) is 19.0. The number of nitrogens with one attached hydrogen (secondary N) is 1. The first-order valence-electron chi connectivity index (χ1n) is 7.93. The molecule has 20 heavy (non-hydrogen) atoms. The highest BCUT2D eigenvalue weighted by Crippen LogP contribution is 2.44. The van der Waals surface area contributed by atoms with Crippen molar-refractivity contribution < 1.29 is 14.7 Å². The lowest BCUT2D eigenvalue weighted by atomic mass is 9.79. The third-order valence-corrected chi connectivity index (χ3v) is 4.87. The van der Waals surface area contributed by atoms with Crippen LogP contribution in [0.15, 0.2) is 0 Å². The number of rotatable bonds is 8. The lowest BCUT2D eigenvalue weighted by Crippen LogP contribution is -2.40. The van der Waals surface area contributed by atoms with Crippen LogP contribution in [0.1, 0.15) is 72.1 Å². The van der Waals surface area contributed by atoms with Crippen molar-refractivity contribution in [3.05, 3.63) is 0 Å². The van der Waals surface area contributed by atoms with Gasteiger partial charge in [0.05, 0.1) is 6.42 Å². The van der Waals surface area contributed by atoms with E-state index in [-0.39, 0.29) is 23.8 Å². The molecule has 0 aromatic rings. The summed E-state index contributed by atoms with van der Waals surface area (Å²) >= 11 is 0. The van der Waals surface area contributed by atoms with Gasteiger partial charge in [0, 0.05) is 12.5 Å². The Hall–Kier alpha value is -1.06. The second-order valence-electron chi connectivity index (χ2n) is 6.39. The van der Waals surface area contributed by atoms with Crippen molar-refractivity contribution in [2.45, 2.75) is 78.2 Å². The highest BCUT2D eigenvalue weighted by Gasteiger charge is 2.38. The van der Waals surface area contributed by atoms with E-state index in [4.69, 9.17) is 5.11 Å². The van der Waals surface area contributed by atoms with E-state index in [0.717, 1.165) is 38.5 Å². The van der Waals surface area contributed by atoms with Crippen LogP contribution >= 0.6 is 0 Å². The van der Waals surface area contributed by atoms with Gasteiger partial charge in [0.2, 0.25) is 5.91 Å². The molecule has 1 amide bonds. The molecule has 0 bridgehead atoms. The maximum atomic E-state index is 12.2. The molecule has 2 N–H and O–H groups in total. The minimum atomic E-state index is -0.784. The zero-order chi connectivity index (χ0) is 15.2. The Kier molecular flexibility index (Phi) is 6.50. The summed E-state index contributed by atoms with van der Waals surface area (Å²) in [4.78, 5) is 23.3. The second-order valence-corrected chi connectivity index (χ2v) is 6.39. The molecule has 4 nitrogen and oxygen atoms in total. The molecule has 1 atom stereocenters. The number of carbonyl (C=O) groups is 2. The lowest BCUT2D eigenvalue weighted by Gasteiger charge is -2.29. The van der Waals surface area contributed by atoms with Crippen LogP contribution in [-0.4, -0.2) is 23.0 Å². The zero-order valence-corrected chi connectivity index (χ0v) is 13.1. The number of hydrogen-bond donors (Lipinski definition) is 2. The highest BCUT2D eigenvalue weighted by atomic mass is 16.4. The van der Waals surface area contributed by atoms with Gasteiger partial charge in [-0.05, 0) is 31.1 Å². The number of amides is 1. The van der Waals surface area contributed by atoms with Crippen LogP contribution in [0.3, 0.4) is 0 Å². The van der Waals surface area contributed by atoms with Gasteiger partial charge in [0.15, 0.2) is 0 Å². The predicted octanol–water partition coefficient (Wildman–Crippen LogP) is 3.35. The Bertz CT molecular complexity index is 331. The summed E-state index contributed by atoms with van der Waals surface area (Å²) in [6.45, 7) is 6.33. The molecule has 0 aromatic heterocycles. The predicted molar refractivity (Wildman–Crippen MR) is 79.4 cm³/mol. The average molecular weight is 283 g/mol. The third-order valence-electron chi connectivity index (χ3n) is 4.87. The van der Waals surface area contributed by atoms with E-state index in [0.29, 0.717) is 12.3 Å². The molecule has 0 heterocycles. The van der Waals surface area contributed by atoms with Crippen molar-refractivity contribution in [3.63, 3.8) is 0 Å². The van der Waals surface area contributed by atoms with Gasteiger partial charge in [-0.25, -0.2) is 0 Å². The van der Waals surface area contributed by atoms with Crippen molar-refractivity contribution in [2.75, 3.05) is 0 Å². The van der Waals surface area contributed by atoms with E-state index in [2.05, 4.69) is 19.2 Å². The van der Waals surface area contributed by atoms with Gasteiger partial charge >= 0.3 is 5.97 Å². The van der Waals surface area contributed by atoms with E-state index >= 15 is 0 Å². The Morgan fingerprint density at radius 1 is 1.15 bits per heavy atom. The molecule has 1 fully saturated rings. The minimum Gasteiger partial charge on any atom is -0.481 e. The standard InChI is InChI=1S/C16H29NO3/c1-4-13(5-2)12(3)17-14(18)10-16(11-15(19)20)8-6-7-9-16/h12-13H,4-11H2,1-3H3,(H,17,18)(H,19,20). The largest absolute Gasteiger partial charge is 0.481 e. The fourth-order valence-electron chi connectivity index (χ4n) is 3.62. The topological polar surface area (TPSA) is 66.4 Å². The Morgan fingerprint density at radius 2 is 1.70 bits per heavy atom. The van der Waals surface area contributed by atoms with Crippen molar-refractivity contribution in [1.29, 1.82) is 0 Å². The minimum absolute atomic E-state index is 0.0209. The molecular weight excluding hydrogens is 254 g/mol. The fraction of sp³-hybridized carbons (Fsp3) is 0.875. The maximum absolute atomic E-state index is 12.2. The fourth-order valence-corrected chi connectivity index (χ4v) is 3.62. The Labute approximate surface area is 122 Å². The average Bonchev–Trinajstić information content (AvgIpc) is 2.77. The number of carboxylic acid groups (broad SMARTS) is 1. The molecule has 1 saturated carbocycles. The van der Waals surface area contributed by atoms with Gasteiger partial charge in [0.25, 0.3) is 0 Å². The number of carboxylic acids is 1. The summed E-state index contributed by atoms with van der Waals surface area (Å²) in [5.41, 5.74) is -0.302. The molecule has 1 aliphatic rings. The number of aliphatic carboxylic acids is 1. The van der Waals surface area contributed by atoms with E-state index in [1.165, 1.54) is 0 Å². The first-order valence-corrected chi connectivity index (χ1v) is 7.93. The van der Waals surface area contributed by atoms with Crippen LogP contribution in [-0.2, 0) is 9.59 Å². The van der Waals surface area contributed by atoms with Gasteiger partial charge < -0.3 is 10.4 Å². The van der Waals surface area contributed by atoms with Crippen LogP contribution in [0.4, 0.5) is 0 Å². The van der Waals surface area contributed by atoms with E-state index in [1.807, 2.05) is 6.92 Å². The molecule has 0 radical (unpaired) electrons. The van der Waals surface area contributed by atoms with E-state index in [9.17, 15) is 9.59 Å². The van der Waals surface area contributed by atoms with Crippen molar-refractivity contribution >= 4 is 11.9 Å². The first-order chi connectivity index (χ1) is 9.42. The molecule has 116 valence electrons. The quantitative estimate of drug-likeness (QED) is 0.718. The Morgan fingerprint density at radius 3 is 2.15 bits per heavy atom. The summed E-state index contributed by atoms with van der Waals surface area (Å²) in [6, 6.07) is 0.167. The molecule has 0 aliphatic heterocycles. The summed E-state index contributed by atoms with van der Waals surface area (Å²) in [5.74, 6) is -0.266. The smallest absolute Gasteiger partial charge is 0.303 e. The summed E-state index contributed by atoms with van der Waals surface area (Å²) in [5, 5.41) is 12.1. The molecule has 1 unspecified atom stereocenters. The molecule has 0 saturated heterocycles. The van der Waals surface area contributed by atoms with Crippen molar-refractivity contribution in [1.82, 2.24) is 5.32 Å². The van der Waals surface area contributed by atoms with Gasteiger partial charge in [-0.2, -0.15) is 0 Å². The molecule has 4 heteroatoms. The van der Waals surface area contributed by atoms with Gasteiger partial charge in [-0.15, -0.1) is 0 Å². The molecule has 0 aromatic carbocycles.